The summed E-state index contributed by atoms with van der Waals surface area (Å²) in [6.07, 6.45) is 1.70. The van der Waals surface area contributed by atoms with E-state index < -0.39 is 23.8 Å². The van der Waals surface area contributed by atoms with Gasteiger partial charge in [-0.1, -0.05) is 42.5 Å². The number of amides is 3. The molecule has 2 unspecified atom stereocenters. The van der Waals surface area contributed by atoms with Crippen LogP contribution in [0.5, 0.6) is 0 Å². The first kappa shape index (κ1) is 30.2. The summed E-state index contributed by atoms with van der Waals surface area (Å²) in [6, 6.07) is 11.7. The molecular formula is C29H41N3O4S. The van der Waals surface area contributed by atoms with Crippen LogP contribution in [0.25, 0.3) is 0 Å². The third-order valence-electron chi connectivity index (χ3n) is 6.00. The number of para-hydroxylation sites is 1. The van der Waals surface area contributed by atoms with Gasteiger partial charge in [-0.2, -0.15) is 11.8 Å². The highest BCUT2D eigenvalue weighted by molar-refractivity contribution is 7.98. The van der Waals surface area contributed by atoms with Crippen molar-refractivity contribution in [2.24, 2.45) is 0 Å². The summed E-state index contributed by atoms with van der Waals surface area (Å²) >= 11 is 1.58. The minimum Gasteiger partial charge on any atom is -0.444 e. The summed E-state index contributed by atoms with van der Waals surface area (Å²) in [5, 5.41) is 5.83. The van der Waals surface area contributed by atoms with Gasteiger partial charge in [-0.05, 0) is 89.1 Å². The van der Waals surface area contributed by atoms with Crippen molar-refractivity contribution in [1.29, 1.82) is 0 Å². The highest BCUT2D eigenvalue weighted by Crippen LogP contribution is 2.29. The summed E-state index contributed by atoms with van der Waals surface area (Å²) in [4.78, 5) is 42.0. The van der Waals surface area contributed by atoms with Crippen LogP contribution in [0.4, 0.5) is 10.5 Å². The van der Waals surface area contributed by atoms with Crippen molar-refractivity contribution in [1.82, 2.24) is 10.2 Å². The van der Waals surface area contributed by atoms with Crippen molar-refractivity contribution in [3.63, 3.8) is 0 Å². The number of carbonyl (C=O) groups excluding carboxylic acids is 3. The van der Waals surface area contributed by atoms with Crippen molar-refractivity contribution >= 4 is 35.4 Å². The number of thioether (sulfide) groups is 1. The quantitative estimate of drug-likeness (QED) is 0.409. The van der Waals surface area contributed by atoms with Crippen molar-refractivity contribution in [3.8, 4) is 0 Å². The van der Waals surface area contributed by atoms with E-state index in [2.05, 4.69) is 10.6 Å². The van der Waals surface area contributed by atoms with E-state index in [9.17, 15) is 14.4 Å². The Morgan fingerprint density at radius 3 is 2.11 bits per heavy atom. The first-order valence-electron chi connectivity index (χ1n) is 12.6. The van der Waals surface area contributed by atoms with Crippen LogP contribution in [-0.2, 0) is 14.3 Å². The van der Waals surface area contributed by atoms with Gasteiger partial charge in [0.2, 0.25) is 5.91 Å². The Hall–Kier alpha value is -3.00. The van der Waals surface area contributed by atoms with Crippen LogP contribution in [0.1, 0.15) is 62.4 Å². The number of aryl methyl sites for hydroxylation is 3. The maximum atomic E-state index is 14.0. The van der Waals surface area contributed by atoms with Crippen molar-refractivity contribution < 1.29 is 19.1 Å². The summed E-state index contributed by atoms with van der Waals surface area (Å²) in [5.74, 6) is 0.0306. The monoisotopic (exact) mass is 527 g/mol. The molecular weight excluding hydrogens is 486 g/mol. The van der Waals surface area contributed by atoms with E-state index in [-0.39, 0.29) is 18.4 Å². The first-order chi connectivity index (χ1) is 17.4. The van der Waals surface area contributed by atoms with Gasteiger partial charge in [0.05, 0.1) is 0 Å². The molecule has 202 valence electrons. The molecule has 0 aliphatic rings. The molecule has 0 bridgehead atoms. The summed E-state index contributed by atoms with van der Waals surface area (Å²) in [5.41, 5.74) is 3.56. The van der Waals surface area contributed by atoms with E-state index in [0.29, 0.717) is 12.2 Å². The predicted octanol–water partition coefficient (Wildman–Crippen LogP) is 5.79. The highest BCUT2D eigenvalue weighted by atomic mass is 32.2. The molecule has 0 aliphatic carbocycles. The third kappa shape index (κ3) is 8.52. The zero-order valence-electron chi connectivity index (χ0n) is 23.3. The molecule has 0 fully saturated rings. The Morgan fingerprint density at radius 1 is 0.973 bits per heavy atom. The predicted molar refractivity (Wildman–Crippen MR) is 152 cm³/mol. The molecule has 7 nitrogen and oxygen atoms in total. The largest absolute Gasteiger partial charge is 0.444 e. The first-order valence-corrected chi connectivity index (χ1v) is 14.0. The number of alkyl carbamates (subject to hydrolysis) is 1. The molecule has 0 saturated heterocycles. The zero-order valence-corrected chi connectivity index (χ0v) is 24.1. The molecule has 2 N–H and O–H groups in total. The van der Waals surface area contributed by atoms with Crippen LogP contribution in [-0.4, -0.2) is 53.0 Å². The van der Waals surface area contributed by atoms with Gasteiger partial charge in [0.1, 0.15) is 17.7 Å². The van der Waals surface area contributed by atoms with Gasteiger partial charge >= 0.3 is 6.09 Å². The topological polar surface area (TPSA) is 87.7 Å². The number of rotatable bonds is 10. The van der Waals surface area contributed by atoms with Crippen molar-refractivity contribution in [2.45, 2.75) is 72.6 Å². The normalized spacial score (nSPS) is 12.9. The Morgan fingerprint density at radius 2 is 1.57 bits per heavy atom. The van der Waals surface area contributed by atoms with E-state index in [1.165, 1.54) is 0 Å². The Bertz CT molecular complexity index is 1080. The minimum absolute atomic E-state index is 0.282. The lowest BCUT2D eigenvalue weighted by molar-refractivity contribution is -0.140. The highest BCUT2D eigenvalue weighted by Gasteiger charge is 2.36. The van der Waals surface area contributed by atoms with Crippen LogP contribution < -0.4 is 10.6 Å². The van der Waals surface area contributed by atoms with Crippen LogP contribution in [0.2, 0.25) is 0 Å². The molecule has 8 heteroatoms. The second-order valence-electron chi connectivity index (χ2n) is 10.1. The minimum atomic E-state index is -0.880. The Balaban J connectivity index is 2.48. The molecule has 2 aromatic carbocycles. The van der Waals surface area contributed by atoms with Gasteiger partial charge in [-0.25, -0.2) is 4.79 Å². The number of nitrogens with one attached hydrogen (secondary N) is 2. The maximum absolute atomic E-state index is 14.0. The van der Waals surface area contributed by atoms with Gasteiger partial charge in [0, 0.05) is 12.2 Å². The van der Waals surface area contributed by atoms with Crippen molar-refractivity contribution in [3.05, 3.63) is 64.7 Å². The van der Waals surface area contributed by atoms with E-state index in [1.807, 2.05) is 76.4 Å². The zero-order chi connectivity index (χ0) is 27.8. The van der Waals surface area contributed by atoms with Gasteiger partial charge in [0.25, 0.3) is 5.91 Å². The van der Waals surface area contributed by atoms with Gasteiger partial charge in [-0.3, -0.25) is 9.59 Å². The standard InChI is InChI=1S/C29H41N3O4S/c1-9-32(27(34)23(17-18-37-8)30-28(35)36-29(5,6)7)25(22-16-11-10-13-19(22)2)26(33)31-24-20(3)14-12-15-21(24)4/h10-16,23,25H,9,17-18H2,1-8H3,(H,30,35)(H,31,33). The van der Waals surface area contributed by atoms with Crippen LogP contribution in [0, 0.1) is 20.8 Å². The number of hydrogen-bond donors (Lipinski definition) is 2. The number of nitrogens with zero attached hydrogens (tertiary/aromatic N) is 1. The molecule has 2 aromatic rings. The fourth-order valence-corrected chi connectivity index (χ4v) is 4.63. The van der Waals surface area contributed by atoms with Gasteiger partial charge < -0.3 is 20.3 Å². The second-order valence-corrected chi connectivity index (χ2v) is 11.1. The van der Waals surface area contributed by atoms with Crippen LogP contribution in [0.3, 0.4) is 0 Å². The number of hydrogen-bond acceptors (Lipinski definition) is 5. The van der Waals surface area contributed by atoms with Crippen LogP contribution >= 0.6 is 11.8 Å². The number of likely N-dealkylation sites (N-methyl/N-ethyl adjacent to an activating group) is 1. The molecule has 37 heavy (non-hydrogen) atoms. The fourth-order valence-electron chi connectivity index (χ4n) is 4.16. The lowest BCUT2D eigenvalue weighted by Gasteiger charge is -2.34. The molecule has 2 atom stereocenters. The molecule has 0 heterocycles. The van der Waals surface area contributed by atoms with E-state index in [4.69, 9.17) is 4.74 Å². The summed E-state index contributed by atoms with van der Waals surface area (Å²) in [7, 11) is 0. The van der Waals surface area contributed by atoms with E-state index >= 15 is 0 Å². The average Bonchev–Trinajstić information content (AvgIpc) is 2.81. The van der Waals surface area contributed by atoms with Crippen LogP contribution in [0.15, 0.2) is 42.5 Å². The molecule has 3 amide bonds. The molecule has 0 aliphatic heterocycles. The number of benzene rings is 2. The lowest BCUT2D eigenvalue weighted by Crippen LogP contribution is -2.52. The van der Waals surface area contributed by atoms with Crippen molar-refractivity contribution in [2.75, 3.05) is 23.9 Å². The molecule has 0 saturated carbocycles. The number of ether oxygens (including phenoxy) is 1. The molecule has 0 radical (unpaired) electrons. The number of carbonyl (C=O) groups is 3. The fraction of sp³-hybridized carbons (Fsp3) is 0.483. The molecule has 0 spiro atoms. The Kier molecular flexibility index (Phi) is 11.0. The average molecular weight is 528 g/mol. The SMILES string of the molecule is CCN(C(=O)C(CCSC)NC(=O)OC(C)(C)C)C(C(=O)Nc1c(C)cccc1C)c1ccccc1C. The Labute approximate surface area is 225 Å². The third-order valence-corrected chi connectivity index (χ3v) is 6.64. The molecule has 2 rings (SSSR count). The summed E-state index contributed by atoms with van der Waals surface area (Å²) in [6.45, 7) is 13.3. The van der Waals surface area contributed by atoms with Gasteiger partial charge in [-0.15, -0.1) is 0 Å². The van der Waals surface area contributed by atoms with Gasteiger partial charge in [0.15, 0.2) is 0 Å². The second kappa shape index (κ2) is 13.5. The summed E-state index contributed by atoms with van der Waals surface area (Å²) < 4.78 is 5.42. The van der Waals surface area contributed by atoms with E-state index in [1.54, 1.807) is 37.4 Å². The van der Waals surface area contributed by atoms with E-state index in [0.717, 1.165) is 27.9 Å². The lowest BCUT2D eigenvalue weighted by atomic mass is 9.97. The smallest absolute Gasteiger partial charge is 0.408 e. The maximum Gasteiger partial charge on any atom is 0.408 e. The molecule has 0 aromatic heterocycles. The number of anilines is 1.